The second kappa shape index (κ2) is 6.50. The van der Waals surface area contributed by atoms with E-state index in [-0.39, 0.29) is 12.4 Å². The zero-order valence-electron chi connectivity index (χ0n) is 10.7. The minimum absolute atomic E-state index is 0.155. The van der Waals surface area contributed by atoms with E-state index < -0.39 is 5.82 Å². The molecule has 0 saturated heterocycles. The van der Waals surface area contributed by atoms with Gasteiger partial charge in [0.15, 0.2) is 0 Å². The van der Waals surface area contributed by atoms with Crippen molar-refractivity contribution in [2.75, 3.05) is 0 Å². The molecular formula is C15H14ClFN2O. The Labute approximate surface area is 121 Å². The van der Waals surface area contributed by atoms with Crippen molar-refractivity contribution in [3.63, 3.8) is 0 Å². The second-order valence-corrected chi connectivity index (χ2v) is 4.78. The Morgan fingerprint density at radius 3 is 2.45 bits per heavy atom. The largest absolute Gasteiger partial charge is 0.384 e. The summed E-state index contributed by atoms with van der Waals surface area (Å²) in [6.07, 6.45) is 0. The first-order valence-electron chi connectivity index (χ1n) is 6.01. The Morgan fingerprint density at radius 1 is 1.15 bits per heavy atom. The molecule has 0 atom stereocenters. The second-order valence-electron chi connectivity index (χ2n) is 4.34. The summed E-state index contributed by atoms with van der Waals surface area (Å²) in [4.78, 5) is 0. The van der Waals surface area contributed by atoms with Gasteiger partial charge in [-0.25, -0.2) is 4.39 Å². The number of benzene rings is 2. The van der Waals surface area contributed by atoms with E-state index in [0.29, 0.717) is 22.8 Å². The highest BCUT2D eigenvalue weighted by Crippen LogP contribution is 2.14. The molecule has 20 heavy (non-hydrogen) atoms. The summed E-state index contributed by atoms with van der Waals surface area (Å²) in [5.74, 6) is -0.577. The quantitative estimate of drug-likeness (QED) is 0.655. The van der Waals surface area contributed by atoms with Crippen LogP contribution in [0.4, 0.5) is 4.39 Å². The van der Waals surface area contributed by atoms with E-state index in [9.17, 15) is 4.39 Å². The van der Waals surface area contributed by atoms with Crippen LogP contribution in [0, 0.1) is 11.2 Å². The van der Waals surface area contributed by atoms with Crippen molar-refractivity contribution in [2.24, 2.45) is 5.73 Å². The molecule has 0 aliphatic carbocycles. The molecule has 2 aromatic rings. The fourth-order valence-corrected chi connectivity index (χ4v) is 1.82. The molecule has 0 amide bonds. The summed E-state index contributed by atoms with van der Waals surface area (Å²) >= 11 is 5.78. The number of hydrogen-bond acceptors (Lipinski definition) is 2. The summed E-state index contributed by atoms with van der Waals surface area (Å²) in [6, 6.07) is 11.7. The van der Waals surface area contributed by atoms with Gasteiger partial charge < -0.3 is 10.5 Å². The average molecular weight is 293 g/mol. The van der Waals surface area contributed by atoms with E-state index >= 15 is 0 Å². The Hall–Kier alpha value is -1.91. The first kappa shape index (κ1) is 14.5. The van der Waals surface area contributed by atoms with Gasteiger partial charge in [0.2, 0.25) is 0 Å². The van der Waals surface area contributed by atoms with Gasteiger partial charge in [-0.1, -0.05) is 35.9 Å². The molecule has 0 aliphatic rings. The lowest BCUT2D eigenvalue weighted by Gasteiger charge is -2.07. The molecule has 3 N–H and O–H groups in total. The SMILES string of the molecule is N=C(N)c1ccc(COCc2ccc(Cl)cc2)c(F)c1. The number of nitrogen functional groups attached to an aromatic ring is 1. The average Bonchev–Trinajstić information content (AvgIpc) is 2.42. The van der Waals surface area contributed by atoms with Crippen LogP contribution in [0.2, 0.25) is 5.02 Å². The number of halogens is 2. The first-order valence-corrected chi connectivity index (χ1v) is 6.39. The molecule has 2 rings (SSSR count). The van der Waals surface area contributed by atoms with Crippen LogP contribution in [-0.2, 0) is 18.0 Å². The van der Waals surface area contributed by atoms with Crippen LogP contribution in [0.1, 0.15) is 16.7 Å². The predicted octanol–water partition coefficient (Wildman–Crippen LogP) is 3.48. The van der Waals surface area contributed by atoms with Gasteiger partial charge in [-0.05, 0) is 23.8 Å². The molecule has 0 unspecified atom stereocenters. The van der Waals surface area contributed by atoms with Crippen LogP contribution in [0.25, 0.3) is 0 Å². The van der Waals surface area contributed by atoms with E-state index in [4.69, 9.17) is 27.5 Å². The maximum Gasteiger partial charge on any atom is 0.129 e. The van der Waals surface area contributed by atoms with Gasteiger partial charge in [0.05, 0.1) is 13.2 Å². The molecule has 0 bridgehead atoms. The van der Waals surface area contributed by atoms with Gasteiger partial charge in [0, 0.05) is 16.1 Å². The molecule has 0 fully saturated rings. The van der Waals surface area contributed by atoms with Crippen molar-refractivity contribution < 1.29 is 9.13 Å². The molecular weight excluding hydrogens is 279 g/mol. The molecule has 0 radical (unpaired) electrons. The minimum Gasteiger partial charge on any atom is -0.384 e. The monoisotopic (exact) mass is 292 g/mol. The summed E-state index contributed by atoms with van der Waals surface area (Å²) < 4.78 is 19.2. The molecule has 0 aromatic heterocycles. The molecule has 3 nitrogen and oxygen atoms in total. The van der Waals surface area contributed by atoms with Gasteiger partial charge in [-0.2, -0.15) is 0 Å². The lowest BCUT2D eigenvalue weighted by atomic mass is 10.1. The van der Waals surface area contributed by atoms with E-state index in [1.807, 2.05) is 12.1 Å². The van der Waals surface area contributed by atoms with Gasteiger partial charge in [0.25, 0.3) is 0 Å². The van der Waals surface area contributed by atoms with Gasteiger partial charge in [0.1, 0.15) is 11.7 Å². The van der Waals surface area contributed by atoms with Crippen molar-refractivity contribution in [2.45, 2.75) is 13.2 Å². The lowest BCUT2D eigenvalue weighted by molar-refractivity contribution is 0.105. The number of hydrogen-bond donors (Lipinski definition) is 2. The van der Waals surface area contributed by atoms with Crippen molar-refractivity contribution in [1.29, 1.82) is 5.41 Å². The summed E-state index contributed by atoms with van der Waals surface area (Å²) in [5.41, 5.74) is 7.06. The highest BCUT2D eigenvalue weighted by atomic mass is 35.5. The van der Waals surface area contributed by atoms with Crippen molar-refractivity contribution in [1.82, 2.24) is 0 Å². The van der Waals surface area contributed by atoms with Gasteiger partial charge in [-0.15, -0.1) is 0 Å². The zero-order chi connectivity index (χ0) is 14.5. The van der Waals surface area contributed by atoms with Crippen molar-refractivity contribution >= 4 is 17.4 Å². The number of nitrogens with two attached hydrogens (primary N) is 1. The van der Waals surface area contributed by atoms with E-state index in [2.05, 4.69) is 0 Å². The smallest absolute Gasteiger partial charge is 0.129 e. The number of rotatable bonds is 5. The summed E-state index contributed by atoms with van der Waals surface area (Å²) in [6.45, 7) is 0.539. The molecule has 0 saturated carbocycles. The fourth-order valence-electron chi connectivity index (χ4n) is 1.69. The highest BCUT2D eigenvalue weighted by molar-refractivity contribution is 6.30. The van der Waals surface area contributed by atoms with Crippen LogP contribution in [0.5, 0.6) is 0 Å². The third-order valence-electron chi connectivity index (χ3n) is 2.80. The van der Waals surface area contributed by atoms with Crippen LogP contribution in [-0.4, -0.2) is 5.84 Å². The van der Waals surface area contributed by atoms with E-state index in [1.54, 1.807) is 24.3 Å². The van der Waals surface area contributed by atoms with Crippen LogP contribution in [0.15, 0.2) is 42.5 Å². The molecule has 0 aliphatic heterocycles. The number of ether oxygens (including phenoxy) is 1. The fraction of sp³-hybridized carbons (Fsp3) is 0.133. The van der Waals surface area contributed by atoms with Crippen molar-refractivity contribution in [3.8, 4) is 0 Å². The van der Waals surface area contributed by atoms with E-state index in [0.717, 1.165) is 5.56 Å². The third-order valence-corrected chi connectivity index (χ3v) is 3.06. The Kier molecular flexibility index (Phi) is 4.71. The Bertz CT molecular complexity index is 614. The molecule has 104 valence electrons. The molecule has 2 aromatic carbocycles. The molecule has 0 spiro atoms. The Balaban J connectivity index is 1.94. The standard InChI is InChI=1S/C15H14ClFN2O/c16-13-5-1-10(2-6-13)8-20-9-12-4-3-11(15(18)19)7-14(12)17/h1-7H,8-9H2,(H3,18,19). The Morgan fingerprint density at radius 2 is 1.85 bits per heavy atom. The van der Waals surface area contributed by atoms with Crippen molar-refractivity contribution in [3.05, 3.63) is 70.0 Å². The highest BCUT2D eigenvalue weighted by Gasteiger charge is 2.05. The third kappa shape index (κ3) is 3.79. The number of amidine groups is 1. The zero-order valence-corrected chi connectivity index (χ0v) is 11.5. The maximum absolute atomic E-state index is 13.7. The molecule has 5 heteroatoms. The predicted molar refractivity (Wildman–Crippen MR) is 77.4 cm³/mol. The lowest BCUT2D eigenvalue weighted by Crippen LogP contribution is -2.11. The van der Waals surface area contributed by atoms with Gasteiger partial charge in [-0.3, -0.25) is 5.41 Å². The van der Waals surface area contributed by atoms with Gasteiger partial charge >= 0.3 is 0 Å². The first-order chi connectivity index (χ1) is 9.56. The van der Waals surface area contributed by atoms with Crippen LogP contribution >= 0.6 is 11.6 Å². The topological polar surface area (TPSA) is 59.1 Å². The summed E-state index contributed by atoms with van der Waals surface area (Å²) in [5, 5.41) is 7.91. The number of nitrogens with one attached hydrogen (secondary N) is 1. The van der Waals surface area contributed by atoms with E-state index in [1.165, 1.54) is 6.07 Å². The minimum atomic E-state index is -0.422. The summed E-state index contributed by atoms with van der Waals surface area (Å²) in [7, 11) is 0. The molecule has 0 heterocycles. The normalized spacial score (nSPS) is 10.5. The van der Waals surface area contributed by atoms with Crippen LogP contribution in [0.3, 0.4) is 0 Å². The maximum atomic E-state index is 13.7. The van der Waals surface area contributed by atoms with Crippen LogP contribution < -0.4 is 5.73 Å².